The summed E-state index contributed by atoms with van der Waals surface area (Å²) in [5, 5.41) is 3.76. The van der Waals surface area contributed by atoms with Gasteiger partial charge in [0.25, 0.3) is 0 Å². The first-order chi connectivity index (χ1) is 13.6. The van der Waals surface area contributed by atoms with Crippen LogP contribution in [0, 0.1) is 5.92 Å². The Morgan fingerprint density at radius 1 is 1.04 bits per heavy atom. The number of hydrogen-bond donors (Lipinski definition) is 1. The number of nitrogens with zero attached hydrogens (tertiary/aromatic N) is 3. The fraction of sp³-hybridized carbons (Fsp3) is 0.318. The van der Waals surface area contributed by atoms with Crippen molar-refractivity contribution in [1.82, 2.24) is 14.7 Å². The van der Waals surface area contributed by atoms with Crippen molar-refractivity contribution in [3.63, 3.8) is 0 Å². The Balaban J connectivity index is 1.73. The Morgan fingerprint density at radius 3 is 2.32 bits per heavy atom. The molecule has 0 bridgehead atoms. The van der Waals surface area contributed by atoms with Crippen LogP contribution in [0.25, 0.3) is 0 Å². The average Bonchev–Trinajstić information content (AvgIpc) is 3.16. The maximum absolute atomic E-state index is 12.4. The topological polar surface area (TPSA) is 58.1 Å². The van der Waals surface area contributed by atoms with Crippen LogP contribution in [0.2, 0.25) is 0 Å². The van der Waals surface area contributed by atoms with Crippen molar-refractivity contribution in [1.29, 1.82) is 0 Å². The second kappa shape index (κ2) is 9.99. The number of carbonyl (C=O) groups is 1. The number of nitrogens with one attached hydrogen (secondary N) is 1. The summed E-state index contributed by atoms with van der Waals surface area (Å²) >= 11 is 1.35. The normalized spacial score (nSPS) is 10.8. The number of aromatic nitrogens is 2. The molecule has 0 aliphatic rings. The van der Waals surface area contributed by atoms with Crippen molar-refractivity contribution in [2.24, 2.45) is 5.92 Å². The molecule has 1 N–H and O–H groups in total. The van der Waals surface area contributed by atoms with Crippen LogP contribution < -0.4 is 10.2 Å². The first-order valence-corrected chi connectivity index (χ1v) is 10.3. The molecule has 0 saturated heterocycles. The summed E-state index contributed by atoms with van der Waals surface area (Å²) in [4.78, 5) is 19.1. The Labute approximate surface area is 170 Å². The zero-order valence-corrected chi connectivity index (χ0v) is 17.2. The number of carbonyl (C=O) groups excluding carboxylic acids is 1. The van der Waals surface area contributed by atoms with E-state index >= 15 is 0 Å². The molecule has 3 aromatic rings. The Morgan fingerprint density at radius 2 is 1.68 bits per heavy atom. The zero-order valence-electron chi connectivity index (χ0n) is 16.3. The van der Waals surface area contributed by atoms with Gasteiger partial charge in [-0.3, -0.25) is 4.79 Å². The van der Waals surface area contributed by atoms with Crippen LogP contribution >= 0.6 is 11.5 Å². The number of hydrogen-bond acceptors (Lipinski definition) is 5. The quantitative estimate of drug-likeness (QED) is 0.598. The van der Waals surface area contributed by atoms with Crippen molar-refractivity contribution in [3.05, 3.63) is 77.6 Å². The molecule has 0 aliphatic carbocycles. The fourth-order valence-electron chi connectivity index (χ4n) is 2.77. The second-order valence-corrected chi connectivity index (χ2v) is 7.93. The van der Waals surface area contributed by atoms with E-state index in [-0.39, 0.29) is 12.5 Å². The van der Waals surface area contributed by atoms with Crippen molar-refractivity contribution in [3.8, 4) is 0 Å². The van der Waals surface area contributed by atoms with E-state index in [1.807, 2.05) is 41.3 Å². The highest BCUT2D eigenvalue weighted by molar-refractivity contribution is 7.09. The molecular weight excluding hydrogens is 368 g/mol. The first kappa shape index (κ1) is 20.0. The van der Waals surface area contributed by atoms with Crippen LogP contribution in [-0.2, 0) is 17.8 Å². The molecule has 0 radical (unpaired) electrons. The first-order valence-electron chi connectivity index (χ1n) is 9.52. The van der Waals surface area contributed by atoms with Gasteiger partial charge >= 0.3 is 0 Å². The molecule has 0 atom stereocenters. The maximum atomic E-state index is 12.4. The second-order valence-electron chi connectivity index (χ2n) is 7.20. The fourth-order valence-corrected chi connectivity index (χ4v) is 3.45. The molecule has 0 saturated carbocycles. The summed E-state index contributed by atoms with van der Waals surface area (Å²) in [6.07, 6.45) is 0.691. The maximum Gasteiger partial charge on any atom is 0.239 e. The molecule has 6 heteroatoms. The highest BCUT2D eigenvalue weighted by Gasteiger charge is 2.17. The summed E-state index contributed by atoms with van der Waals surface area (Å²) in [7, 11) is 0. The molecule has 2 aromatic carbocycles. The van der Waals surface area contributed by atoms with E-state index in [1.165, 1.54) is 17.1 Å². The third kappa shape index (κ3) is 6.16. The van der Waals surface area contributed by atoms with Gasteiger partial charge in [0.15, 0.2) is 0 Å². The highest BCUT2D eigenvalue weighted by atomic mass is 32.1. The Kier molecular flexibility index (Phi) is 7.14. The van der Waals surface area contributed by atoms with Gasteiger partial charge in [0.05, 0.1) is 6.54 Å². The minimum Gasteiger partial charge on any atom is -0.354 e. The van der Waals surface area contributed by atoms with E-state index in [2.05, 4.69) is 47.8 Å². The van der Waals surface area contributed by atoms with E-state index in [1.54, 1.807) is 0 Å². The highest BCUT2D eigenvalue weighted by Crippen LogP contribution is 2.21. The molecule has 0 unspecified atom stereocenters. The lowest BCUT2D eigenvalue weighted by Gasteiger charge is -2.21. The SMILES string of the molecule is CC(C)CNC(=O)CN(Cc1ccccc1)c1nc(Cc2ccccc2)ns1. The van der Waals surface area contributed by atoms with E-state index < -0.39 is 0 Å². The molecule has 0 fully saturated rings. The van der Waals surface area contributed by atoms with Crippen molar-refractivity contribution >= 4 is 22.6 Å². The molecule has 0 aliphatic heterocycles. The Hall–Kier alpha value is -2.73. The third-order valence-electron chi connectivity index (χ3n) is 4.19. The molecule has 146 valence electrons. The zero-order chi connectivity index (χ0) is 19.8. The molecule has 3 rings (SSSR count). The molecular formula is C22H26N4OS. The summed E-state index contributed by atoms with van der Waals surface area (Å²) in [6, 6.07) is 20.3. The summed E-state index contributed by atoms with van der Waals surface area (Å²) < 4.78 is 4.51. The lowest BCUT2D eigenvalue weighted by atomic mass is 10.1. The molecule has 1 heterocycles. The predicted molar refractivity (Wildman–Crippen MR) is 114 cm³/mol. The van der Waals surface area contributed by atoms with Crippen molar-refractivity contribution < 1.29 is 4.79 Å². The summed E-state index contributed by atoms with van der Waals surface area (Å²) in [5.41, 5.74) is 2.31. The van der Waals surface area contributed by atoms with Gasteiger partial charge in [-0.1, -0.05) is 74.5 Å². The standard InChI is InChI=1S/C22H26N4OS/c1-17(2)14-23-21(27)16-26(15-19-11-7-4-8-12-19)22-24-20(25-28-22)13-18-9-5-3-6-10-18/h3-12,17H,13-16H2,1-2H3,(H,23,27). The molecule has 5 nitrogen and oxygen atoms in total. The Bertz CT molecular complexity index is 865. The van der Waals surface area contributed by atoms with Gasteiger partial charge < -0.3 is 10.2 Å². The minimum absolute atomic E-state index is 0.00411. The number of rotatable bonds is 9. The smallest absolute Gasteiger partial charge is 0.239 e. The molecule has 1 amide bonds. The predicted octanol–water partition coefficient (Wildman–Crippen LogP) is 3.91. The van der Waals surface area contributed by atoms with Gasteiger partial charge in [0, 0.05) is 31.0 Å². The summed E-state index contributed by atoms with van der Waals surface area (Å²) in [6.45, 7) is 5.73. The number of benzene rings is 2. The van der Waals surface area contributed by atoms with Crippen LogP contribution in [-0.4, -0.2) is 28.4 Å². The van der Waals surface area contributed by atoms with E-state index in [0.717, 1.165) is 16.5 Å². The van der Waals surface area contributed by atoms with Gasteiger partial charge in [-0.2, -0.15) is 4.37 Å². The van der Waals surface area contributed by atoms with Crippen LogP contribution in [0.3, 0.4) is 0 Å². The number of anilines is 1. The van der Waals surface area contributed by atoms with Crippen molar-refractivity contribution in [2.45, 2.75) is 26.8 Å². The van der Waals surface area contributed by atoms with Gasteiger partial charge in [0.2, 0.25) is 11.0 Å². The summed E-state index contributed by atoms with van der Waals surface area (Å²) in [5.74, 6) is 1.21. The van der Waals surface area contributed by atoms with Crippen LogP contribution in [0.4, 0.5) is 5.13 Å². The minimum atomic E-state index is 0.00411. The largest absolute Gasteiger partial charge is 0.354 e. The van der Waals surface area contributed by atoms with Gasteiger partial charge in [-0.25, -0.2) is 4.98 Å². The van der Waals surface area contributed by atoms with Crippen molar-refractivity contribution in [2.75, 3.05) is 18.0 Å². The van der Waals surface area contributed by atoms with Gasteiger partial charge in [0.1, 0.15) is 5.82 Å². The third-order valence-corrected chi connectivity index (χ3v) is 5.01. The lowest BCUT2D eigenvalue weighted by Crippen LogP contribution is -2.38. The molecule has 1 aromatic heterocycles. The van der Waals surface area contributed by atoms with Gasteiger partial charge in [-0.15, -0.1) is 0 Å². The van der Waals surface area contributed by atoms with E-state index in [9.17, 15) is 4.79 Å². The average molecular weight is 395 g/mol. The van der Waals surface area contributed by atoms with Crippen LogP contribution in [0.1, 0.15) is 30.8 Å². The van der Waals surface area contributed by atoms with E-state index in [0.29, 0.717) is 25.4 Å². The van der Waals surface area contributed by atoms with Crippen LogP contribution in [0.5, 0.6) is 0 Å². The van der Waals surface area contributed by atoms with Gasteiger partial charge in [-0.05, 0) is 17.0 Å². The molecule has 0 spiro atoms. The lowest BCUT2D eigenvalue weighted by molar-refractivity contribution is -0.119. The van der Waals surface area contributed by atoms with E-state index in [4.69, 9.17) is 4.98 Å². The molecule has 28 heavy (non-hydrogen) atoms. The van der Waals surface area contributed by atoms with Crippen LogP contribution in [0.15, 0.2) is 60.7 Å². The monoisotopic (exact) mass is 394 g/mol. The number of amides is 1.